The third-order valence-electron chi connectivity index (χ3n) is 2.74. The average molecular weight is 259 g/mol. The van der Waals surface area contributed by atoms with Crippen molar-refractivity contribution in [3.05, 3.63) is 53.8 Å². The van der Waals surface area contributed by atoms with Crippen molar-refractivity contribution in [2.24, 2.45) is 0 Å². The number of amides is 1. The maximum absolute atomic E-state index is 12.8. The van der Waals surface area contributed by atoms with E-state index in [9.17, 15) is 9.18 Å². The standard InChI is InChI=1S/C14H14FN3O/c1-18(13-4-2-10(15)3-5-13)14(19)9-6-11(16)8-12(17)7-9/h2-8H,16-17H2,1H3. The Hall–Kier alpha value is -2.56. The largest absolute Gasteiger partial charge is 0.399 e. The molecular weight excluding hydrogens is 245 g/mol. The van der Waals surface area contributed by atoms with Gasteiger partial charge in [0.05, 0.1) is 0 Å². The van der Waals surface area contributed by atoms with Gasteiger partial charge in [0.25, 0.3) is 5.91 Å². The molecule has 0 heterocycles. The number of halogens is 1. The van der Waals surface area contributed by atoms with Crippen molar-refractivity contribution in [3.8, 4) is 0 Å². The van der Waals surface area contributed by atoms with Gasteiger partial charge < -0.3 is 16.4 Å². The van der Waals surface area contributed by atoms with Crippen LogP contribution < -0.4 is 16.4 Å². The van der Waals surface area contributed by atoms with Crippen LogP contribution in [0.1, 0.15) is 10.4 Å². The number of nitrogens with zero attached hydrogens (tertiary/aromatic N) is 1. The first kappa shape index (κ1) is 12.9. The topological polar surface area (TPSA) is 72.3 Å². The molecule has 2 aromatic carbocycles. The second kappa shape index (κ2) is 4.97. The highest BCUT2D eigenvalue weighted by atomic mass is 19.1. The summed E-state index contributed by atoms with van der Waals surface area (Å²) in [6, 6.07) is 10.3. The van der Waals surface area contributed by atoms with Gasteiger partial charge in [-0.25, -0.2) is 4.39 Å². The summed E-state index contributed by atoms with van der Waals surface area (Å²) < 4.78 is 12.8. The molecule has 4 N–H and O–H groups in total. The minimum atomic E-state index is -0.349. The molecule has 0 saturated carbocycles. The first-order valence-corrected chi connectivity index (χ1v) is 5.67. The van der Waals surface area contributed by atoms with Crippen LogP contribution in [0.5, 0.6) is 0 Å². The van der Waals surface area contributed by atoms with Gasteiger partial charge in [-0.2, -0.15) is 0 Å². The summed E-state index contributed by atoms with van der Waals surface area (Å²) in [5.41, 5.74) is 13.1. The Kier molecular flexibility index (Phi) is 3.37. The second-order valence-electron chi connectivity index (χ2n) is 4.23. The Bertz CT molecular complexity index is 590. The summed E-state index contributed by atoms with van der Waals surface area (Å²) in [6.45, 7) is 0. The first-order valence-electron chi connectivity index (χ1n) is 5.67. The van der Waals surface area contributed by atoms with Crippen molar-refractivity contribution in [1.29, 1.82) is 0 Å². The third-order valence-corrected chi connectivity index (χ3v) is 2.74. The fourth-order valence-electron chi connectivity index (χ4n) is 1.78. The minimum Gasteiger partial charge on any atom is -0.399 e. The highest BCUT2D eigenvalue weighted by Gasteiger charge is 2.14. The molecule has 0 spiro atoms. The predicted molar refractivity (Wildman–Crippen MR) is 74.4 cm³/mol. The fourth-order valence-corrected chi connectivity index (χ4v) is 1.78. The Morgan fingerprint density at radius 3 is 2.11 bits per heavy atom. The smallest absolute Gasteiger partial charge is 0.258 e. The van der Waals surface area contributed by atoms with Crippen molar-refractivity contribution < 1.29 is 9.18 Å². The van der Waals surface area contributed by atoms with E-state index in [0.717, 1.165) is 0 Å². The molecule has 0 unspecified atom stereocenters. The number of anilines is 3. The molecule has 5 heteroatoms. The van der Waals surface area contributed by atoms with Crippen molar-refractivity contribution in [2.45, 2.75) is 0 Å². The van der Waals surface area contributed by atoms with E-state index in [1.165, 1.54) is 29.2 Å². The monoisotopic (exact) mass is 259 g/mol. The predicted octanol–water partition coefficient (Wildman–Crippen LogP) is 2.27. The zero-order valence-corrected chi connectivity index (χ0v) is 10.4. The van der Waals surface area contributed by atoms with Crippen LogP contribution >= 0.6 is 0 Å². The molecule has 0 saturated heterocycles. The van der Waals surface area contributed by atoms with E-state index in [2.05, 4.69) is 0 Å². The number of hydrogen-bond donors (Lipinski definition) is 2. The minimum absolute atomic E-state index is 0.259. The van der Waals surface area contributed by atoms with Crippen molar-refractivity contribution in [1.82, 2.24) is 0 Å². The van der Waals surface area contributed by atoms with Gasteiger partial charge >= 0.3 is 0 Å². The number of carbonyl (C=O) groups is 1. The molecule has 2 aromatic rings. The van der Waals surface area contributed by atoms with Crippen LogP contribution in [0.25, 0.3) is 0 Å². The molecule has 0 aliphatic heterocycles. The Balaban J connectivity index is 2.30. The van der Waals surface area contributed by atoms with Gasteiger partial charge in [-0.1, -0.05) is 0 Å². The fraction of sp³-hybridized carbons (Fsp3) is 0.0714. The van der Waals surface area contributed by atoms with E-state index in [0.29, 0.717) is 22.6 Å². The number of nitrogen functional groups attached to an aromatic ring is 2. The van der Waals surface area contributed by atoms with E-state index in [-0.39, 0.29) is 11.7 Å². The Morgan fingerprint density at radius 2 is 1.58 bits per heavy atom. The average Bonchev–Trinajstić information content (AvgIpc) is 2.37. The number of hydrogen-bond acceptors (Lipinski definition) is 3. The number of benzene rings is 2. The van der Waals surface area contributed by atoms with Gasteiger partial charge in [0.1, 0.15) is 5.82 Å². The molecule has 0 aromatic heterocycles. The molecule has 4 nitrogen and oxygen atoms in total. The van der Waals surface area contributed by atoms with Crippen LogP contribution in [0.3, 0.4) is 0 Å². The van der Waals surface area contributed by atoms with Gasteiger partial charge in [0.15, 0.2) is 0 Å². The summed E-state index contributed by atoms with van der Waals surface area (Å²) >= 11 is 0. The molecule has 19 heavy (non-hydrogen) atoms. The molecule has 0 aliphatic rings. The van der Waals surface area contributed by atoms with E-state index in [1.54, 1.807) is 25.2 Å². The molecule has 0 atom stereocenters. The molecule has 98 valence electrons. The van der Waals surface area contributed by atoms with Crippen molar-refractivity contribution in [3.63, 3.8) is 0 Å². The molecule has 2 rings (SSSR count). The maximum atomic E-state index is 12.8. The van der Waals surface area contributed by atoms with E-state index in [4.69, 9.17) is 11.5 Å². The lowest BCUT2D eigenvalue weighted by molar-refractivity contribution is 0.0993. The van der Waals surface area contributed by atoms with Crippen LogP contribution in [0.4, 0.5) is 21.5 Å². The molecule has 0 bridgehead atoms. The van der Waals surface area contributed by atoms with Gasteiger partial charge in [0, 0.05) is 29.7 Å². The van der Waals surface area contributed by atoms with Crippen LogP contribution in [0.15, 0.2) is 42.5 Å². The zero-order chi connectivity index (χ0) is 14.0. The summed E-state index contributed by atoms with van der Waals surface area (Å²) in [4.78, 5) is 13.7. The molecule has 0 radical (unpaired) electrons. The molecule has 0 aliphatic carbocycles. The highest BCUT2D eigenvalue weighted by Crippen LogP contribution is 2.19. The van der Waals surface area contributed by atoms with Crippen LogP contribution in [0.2, 0.25) is 0 Å². The zero-order valence-electron chi connectivity index (χ0n) is 10.4. The SMILES string of the molecule is CN(C(=O)c1cc(N)cc(N)c1)c1ccc(F)cc1. The van der Waals surface area contributed by atoms with Crippen LogP contribution in [0, 0.1) is 5.82 Å². The Labute approximate surface area is 110 Å². The van der Waals surface area contributed by atoms with E-state index >= 15 is 0 Å². The second-order valence-corrected chi connectivity index (χ2v) is 4.23. The van der Waals surface area contributed by atoms with Gasteiger partial charge in [0.2, 0.25) is 0 Å². The highest BCUT2D eigenvalue weighted by molar-refractivity contribution is 6.06. The van der Waals surface area contributed by atoms with Crippen molar-refractivity contribution >= 4 is 23.0 Å². The van der Waals surface area contributed by atoms with Crippen molar-refractivity contribution in [2.75, 3.05) is 23.4 Å². The first-order chi connectivity index (χ1) is 8.97. The van der Waals surface area contributed by atoms with Crippen LogP contribution in [-0.4, -0.2) is 13.0 Å². The summed E-state index contributed by atoms with van der Waals surface area (Å²) in [6.07, 6.45) is 0. The maximum Gasteiger partial charge on any atom is 0.258 e. The lowest BCUT2D eigenvalue weighted by Gasteiger charge is -2.17. The number of rotatable bonds is 2. The third kappa shape index (κ3) is 2.82. The van der Waals surface area contributed by atoms with Gasteiger partial charge in [-0.3, -0.25) is 4.79 Å². The normalized spacial score (nSPS) is 10.2. The summed E-state index contributed by atoms with van der Waals surface area (Å²) in [5.74, 6) is -0.608. The van der Waals surface area contributed by atoms with Gasteiger partial charge in [-0.15, -0.1) is 0 Å². The summed E-state index contributed by atoms with van der Waals surface area (Å²) in [5, 5.41) is 0. The Morgan fingerprint density at radius 1 is 1.05 bits per heavy atom. The quantitative estimate of drug-likeness (QED) is 0.812. The number of nitrogens with two attached hydrogens (primary N) is 2. The van der Waals surface area contributed by atoms with E-state index in [1.807, 2.05) is 0 Å². The molecule has 0 fully saturated rings. The number of carbonyl (C=O) groups excluding carboxylic acids is 1. The summed E-state index contributed by atoms with van der Waals surface area (Å²) in [7, 11) is 1.61. The van der Waals surface area contributed by atoms with E-state index < -0.39 is 0 Å². The van der Waals surface area contributed by atoms with Gasteiger partial charge in [-0.05, 0) is 42.5 Å². The molecule has 1 amide bonds. The molecular formula is C14H14FN3O. The lowest BCUT2D eigenvalue weighted by Crippen LogP contribution is -2.26. The lowest BCUT2D eigenvalue weighted by atomic mass is 10.1. The van der Waals surface area contributed by atoms with Crippen LogP contribution in [-0.2, 0) is 0 Å².